The number of sulfonamides is 1. The molecule has 0 fully saturated rings. The summed E-state index contributed by atoms with van der Waals surface area (Å²) >= 11 is 0. The second-order valence-electron chi connectivity index (χ2n) is 6.81. The van der Waals surface area contributed by atoms with Gasteiger partial charge in [-0.05, 0) is 54.1 Å². The fourth-order valence-corrected chi connectivity index (χ4v) is 3.57. The average Bonchev–Trinajstić information content (AvgIpc) is 3.18. The first-order valence-electron chi connectivity index (χ1n) is 9.18. The quantitative estimate of drug-likeness (QED) is 0.513. The van der Waals surface area contributed by atoms with Gasteiger partial charge in [-0.1, -0.05) is 12.1 Å². The molecule has 2 aromatic carbocycles. The number of pyridine rings is 1. The Kier molecular flexibility index (Phi) is 5.43. The first kappa shape index (κ1) is 19.9. The van der Waals surface area contributed by atoms with Crippen molar-refractivity contribution in [1.29, 1.82) is 0 Å². The molecule has 0 atom stereocenters. The molecule has 0 radical (unpaired) electrons. The number of rotatable bonds is 6. The van der Waals surface area contributed by atoms with E-state index in [-0.39, 0.29) is 12.4 Å². The summed E-state index contributed by atoms with van der Waals surface area (Å²) in [5, 5.41) is 0. The number of nitrogens with zero attached hydrogens (tertiary/aromatic N) is 3. The van der Waals surface area contributed by atoms with Gasteiger partial charge in [-0.3, -0.25) is 9.55 Å². The predicted octanol–water partition coefficient (Wildman–Crippen LogP) is 3.79. The highest BCUT2D eigenvalue weighted by atomic mass is 32.2. The zero-order chi connectivity index (χ0) is 21.1. The van der Waals surface area contributed by atoms with Gasteiger partial charge in [0.05, 0.1) is 17.6 Å². The van der Waals surface area contributed by atoms with E-state index >= 15 is 0 Å². The first-order chi connectivity index (χ1) is 14.4. The number of halogens is 1. The van der Waals surface area contributed by atoms with Crippen LogP contribution in [0.1, 0.15) is 5.56 Å². The lowest BCUT2D eigenvalue weighted by Gasteiger charge is -2.12. The maximum atomic E-state index is 13.4. The number of hydrogen-bond acceptors (Lipinski definition) is 4. The molecule has 1 N–H and O–H groups in total. The monoisotopic (exact) mass is 422 g/mol. The van der Waals surface area contributed by atoms with E-state index in [0.717, 1.165) is 40.0 Å². The van der Waals surface area contributed by atoms with E-state index in [9.17, 15) is 12.8 Å². The molecule has 0 spiro atoms. The third kappa shape index (κ3) is 4.45. The summed E-state index contributed by atoms with van der Waals surface area (Å²) in [7, 11) is -3.26. The normalized spacial score (nSPS) is 11.5. The zero-order valence-corrected chi connectivity index (χ0v) is 17.0. The molecule has 2 aromatic heterocycles. The van der Waals surface area contributed by atoms with Crippen LogP contribution in [0.15, 0.2) is 79.4 Å². The molecule has 8 heteroatoms. The van der Waals surface area contributed by atoms with Gasteiger partial charge in [0.1, 0.15) is 12.1 Å². The van der Waals surface area contributed by atoms with Crippen LogP contribution in [0.3, 0.4) is 0 Å². The number of nitrogens with one attached hydrogen (secondary N) is 1. The third-order valence-electron chi connectivity index (χ3n) is 4.59. The molecule has 0 aliphatic rings. The van der Waals surface area contributed by atoms with Gasteiger partial charge >= 0.3 is 0 Å². The van der Waals surface area contributed by atoms with Gasteiger partial charge in [-0.25, -0.2) is 22.5 Å². The molecule has 0 amide bonds. The molecule has 0 saturated carbocycles. The van der Waals surface area contributed by atoms with E-state index < -0.39 is 10.0 Å². The zero-order valence-electron chi connectivity index (χ0n) is 16.2. The third-order valence-corrected chi connectivity index (χ3v) is 5.26. The van der Waals surface area contributed by atoms with Crippen LogP contribution in [-0.4, -0.2) is 29.2 Å². The summed E-state index contributed by atoms with van der Waals surface area (Å²) in [6.07, 6.45) is 6.27. The topological polar surface area (TPSA) is 76.9 Å². The van der Waals surface area contributed by atoms with Crippen molar-refractivity contribution in [3.63, 3.8) is 0 Å². The second-order valence-corrected chi connectivity index (χ2v) is 8.65. The van der Waals surface area contributed by atoms with Gasteiger partial charge in [-0.2, -0.15) is 0 Å². The molecule has 0 unspecified atom stereocenters. The van der Waals surface area contributed by atoms with E-state index in [0.29, 0.717) is 0 Å². The van der Waals surface area contributed by atoms with E-state index in [1.54, 1.807) is 30.9 Å². The van der Waals surface area contributed by atoms with Crippen molar-refractivity contribution in [3.8, 4) is 28.2 Å². The summed E-state index contributed by atoms with van der Waals surface area (Å²) in [5.41, 5.74) is 5.01. The number of hydrogen-bond donors (Lipinski definition) is 1. The molecule has 2 heterocycles. The molecule has 4 aromatic rings. The average molecular weight is 422 g/mol. The molecular weight excluding hydrogens is 403 g/mol. The van der Waals surface area contributed by atoms with Crippen molar-refractivity contribution in [3.05, 3.63) is 90.8 Å². The van der Waals surface area contributed by atoms with Crippen molar-refractivity contribution in [1.82, 2.24) is 19.3 Å². The maximum Gasteiger partial charge on any atom is 0.209 e. The highest BCUT2D eigenvalue weighted by Gasteiger charge is 2.16. The van der Waals surface area contributed by atoms with Crippen LogP contribution in [0.25, 0.3) is 28.2 Å². The Hall–Kier alpha value is -3.36. The van der Waals surface area contributed by atoms with Crippen molar-refractivity contribution >= 4 is 10.0 Å². The standard InChI is InChI=1S/C22H19FN4O2S/c1-30(28,29)26-14-16-2-8-20(9-3-16)27-15-25-21(17-4-6-19(23)7-5-17)22(27)18-10-12-24-13-11-18/h2-13,15,26H,14H2,1H3. The minimum absolute atomic E-state index is 0.223. The lowest BCUT2D eigenvalue weighted by molar-refractivity contribution is 0.587. The molecular formula is C22H19FN4O2S. The van der Waals surface area contributed by atoms with E-state index in [4.69, 9.17) is 0 Å². The fraction of sp³-hybridized carbons (Fsp3) is 0.0909. The molecule has 0 aliphatic heterocycles. The maximum absolute atomic E-state index is 13.4. The minimum Gasteiger partial charge on any atom is -0.298 e. The molecule has 4 rings (SSSR count). The molecule has 152 valence electrons. The van der Waals surface area contributed by atoms with Crippen LogP contribution in [0.2, 0.25) is 0 Å². The Balaban J connectivity index is 1.76. The minimum atomic E-state index is -3.26. The molecule has 30 heavy (non-hydrogen) atoms. The van der Waals surface area contributed by atoms with Crippen LogP contribution in [0.5, 0.6) is 0 Å². The van der Waals surface area contributed by atoms with Crippen LogP contribution in [0.4, 0.5) is 4.39 Å². The van der Waals surface area contributed by atoms with Gasteiger partial charge in [-0.15, -0.1) is 0 Å². The van der Waals surface area contributed by atoms with Crippen molar-refractivity contribution in [2.45, 2.75) is 6.54 Å². The van der Waals surface area contributed by atoms with Gasteiger partial charge in [0.2, 0.25) is 10.0 Å². The van der Waals surface area contributed by atoms with Crippen molar-refractivity contribution < 1.29 is 12.8 Å². The summed E-state index contributed by atoms with van der Waals surface area (Å²) < 4.78 is 40.4. The smallest absolute Gasteiger partial charge is 0.209 e. The SMILES string of the molecule is CS(=O)(=O)NCc1ccc(-n2cnc(-c3ccc(F)cc3)c2-c2ccncc2)cc1. The lowest BCUT2D eigenvalue weighted by Crippen LogP contribution is -2.21. The van der Waals surface area contributed by atoms with Crippen LogP contribution < -0.4 is 4.72 Å². The first-order valence-corrected chi connectivity index (χ1v) is 11.1. The summed E-state index contributed by atoms with van der Waals surface area (Å²) in [4.78, 5) is 8.68. The molecule has 0 aliphatic carbocycles. The highest BCUT2D eigenvalue weighted by Crippen LogP contribution is 2.33. The molecule has 6 nitrogen and oxygen atoms in total. The fourth-order valence-electron chi connectivity index (χ4n) is 3.14. The molecule has 0 bridgehead atoms. The largest absolute Gasteiger partial charge is 0.298 e. The Morgan fingerprint density at radius 1 is 0.933 bits per heavy atom. The Morgan fingerprint density at radius 2 is 1.60 bits per heavy atom. The van der Waals surface area contributed by atoms with E-state index in [2.05, 4.69) is 14.7 Å². The number of benzene rings is 2. The van der Waals surface area contributed by atoms with Gasteiger partial charge in [0.25, 0.3) is 0 Å². The van der Waals surface area contributed by atoms with Gasteiger partial charge < -0.3 is 0 Å². The lowest BCUT2D eigenvalue weighted by atomic mass is 10.1. The number of imidazole rings is 1. The molecule has 0 saturated heterocycles. The highest BCUT2D eigenvalue weighted by molar-refractivity contribution is 7.88. The predicted molar refractivity (Wildman–Crippen MR) is 114 cm³/mol. The number of aromatic nitrogens is 3. The Labute approximate surface area is 174 Å². The van der Waals surface area contributed by atoms with Gasteiger partial charge in [0, 0.05) is 35.8 Å². The van der Waals surface area contributed by atoms with Crippen molar-refractivity contribution in [2.24, 2.45) is 0 Å². The summed E-state index contributed by atoms with van der Waals surface area (Å²) in [5.74, 6) is -0.304. The van der Waals surface area contributed by atoms with Crippen molar-refractivity contribution in [2.75, 3.05) is 6.26 Å². The van der Waals surface area contributed by atoms with Crippen LogP contribution >= 0.6 is 0 Å². The van der Waals surface area contributed by atoms with Crippen LogP contribution in [-0.2, 0) is 16.6 Å². The second kappa shape index (κ2) is 8.17. The Bertz CT molecular complexity index is 1250. The summed E-state index contributed by atoms with van der Waals surface area (Å²) in [6, 6.07) is 17.5. The van der Waals surface area contributed by atoms with E-state index in [1.807, 2.05) is 41.0 Å². The van der Waals surface area contributed by atoms with Crippen LogP contribution in [0, 0.1) is 5.82 Å². The van der Waals surface area contributed by atoms with Gasteiger partial charge in [0.15, 0.2) is 0 Å². The summed E-state index contributed by atoms with van der Waals surface area (Å²) in [6.45, 7) is 0.223. The van der Waals surface area contributed by atoms with E-state index in [1.165, 1.54) is 12.1 Å². The Morgan fingerprint density at radius 3 is 2.23 bits per heavy atom.